The Kier molecular flexibility index (Phi) is 4.69. The van der Waals surface area contributed by atoms with Crippen molar-refractivity contribution >= 4 is 11.6 Å². The molecule has 0 aliphatic rings. The van der Waals surface area contributed by atoms with Crippen LogP contribution in [-0.4, -0.2) is 6.04 Å². The highest BCUT2D eigenvalue weighted by Gasteiger charge is 2.06. The molecular weight excluding hydrogens is 270 g/mol. The van der Waals surface area contributed by atoms with Gasteiger partial charge in [0.1, 0.15) is 11.5 Å². The zero-order valence-corrected chi connectivity index (χ0v) is 12.9. The molecule has 106 valence electrons. The summed E-state index contributed by atoms with van der Waals surface area (Å²) in [6, 6.07) is 12.1. The van der Waals surface area contributed by atoms with Crippen molar-refractivity contribution in [2.24, 2.45) is 5.73 Å². The van der Waals surface area contributed by atoms with Gasteiger partial charge in [-0.05, 0) is 68.1 Å². The molecule has 0 saturated heterocycles. The van der Waals surface area contributed by atoms with Gasteiger partial charge in [0, 0.05) is 6.04 Å². The summed E-state index contributed by atoms with van der Waals surface area (Å²) in [6.07, 6.45) is 0.809. The first-order valence-electron chi connectivity index (χ1n) is 6.74. The minimum atomic E-state index is 0.122. The number of ether oxygens (including phenoxy) is 1. The van der Waals surface area contributed by atoms with E-state index in [0.29, 0.717) is 10.8 Å². The molecule has 0 aromatic heterocycles. The van der Waals surface area contributed by atoms with E-state index in [1.165, 1.54) is 11.1 Å². The molecule has 2 nitrogen and oxygen atoms in total. The van der Waals surface area contributed by atoms with E-state index in [0.717, 1.165) is 17.7 Å². The lowest BCUT2D eigenvalue weighted by atomic mass is 10.1. The molecule has 2 N–H and O–H groups in total. The van der Waals surface area contributed by atoms with Gasteiger partial charge in [0.15, 0.2) is 0 Å². The highest BCUT2D eigenvalue weighted by Crippen LogP contribution is 2.31. The van der Waals surface area contributed by atoms with Gasteiger partial charge in [-0.3, -0.25) is 0 Å². The predicted octanol–water partition coefficient (Wildman–Crippen LogP) is 4.64. The molecule has 0 bridgehead atoms. The molecule has 20 heavy (non-hydrogen) atoms. The van der Waals surface area contributed by atoms with Crippen LogP contribution in [0.3, 0.4) is 0 Å². The van der Waals surface area contributed by atoms with Crippen LogP contribution in [0.15, 0.2) is 36.4 Å². The van der Waals surface area contributed by atoms with Gasteiger partial charge in [0.25, 0.3) is 0 Å². The second-order valence-electron chi connectivity index (χ2n) is 5.37. The molecule has 0 amide bonds. The Morgan fingerprint density at radius 1 is 1.10 bits per heavy atom. The van der Waals surface area contributed by atoms with E-state index in [-0.39, 0.29) is 6.04 Å². The molecule has 2 aromatic carbocycles. The first-order valence-corrected chi connectivity index (χ1v) is 7.12. The van der Waals surface area contributed by atoms with Crippen LogP contribution < -0.4 is 10.5 Å². The summed E-state index contributed by atoms with van der Waals surface area (Å²) in [4.78, 5) is 0. The average molecular weight is 290 g/mol. The standard InChI is InChI=1S/C17H20ClNO/c1-11-6-12(2)8-15(7-11)20-17-5-4-14(9-13(3)19)10-16(17)18/h4-8,10,13H,9,19H2,1-3H3. The Labute approximate surface area is 125 Å². The van der Waals surface area contributed by atoms with E-state index >= 15 is 0 Å². The summed E-state index contributed by atoms with van der Waals surface area (Å²) >= 11 is 6.28. The van der Waals surface area contributed by atoms with Crippen LogP contribution in [0.4, 0.5) is 0 Å². The van der Waals surface area contributed by atoms with Gasteiger partial charge in [0.2, 0.25) is 0 Å². The second kappa shape index (κ2) is 6.29. The molecule has 1 unspecified atom stereocenters. The third-order valence-corrected chi connectivity index (χ3v) is 3.27. The highest BCUT2D eigenvalue weighted by atomic mass is 35.5. The molecule has 0 spiro atoms. The summed E-state index contributed by atoms with van der Waals surface area (Å²) in [5.74, 6) is 1.48. The first kappa shape index (κ1) is 14.9. The Balaban J connectivity index is 2.21. The zero-order valence-electron chi connectivity index (χ0n) is 12.1. The van der Waals surface area contributed by atoms with Crippen molar-refractivity contribution < 1.29 is 4.74 Å². The van der Waals surface area contributed by atoms with E-state index in [9.17, 15) is 0 Å². The highest BCUT2D eigenvalue weighted by molar-refractivity contribution is 6.32. The minimum absolute atomic E-state index is 0.122. The SMILES string of the molecule is Cc1cc(C)cc(Oc2ccc(CC(C)N)cc2Cl)c1. The lowest BCUT2D eigenvalue weighted by molar-refractivity contribution is 0.482. The van der Waals surface area contributed by atoms with Crippen molar-refractivity contribution in [3.8, 4) is 11.5 Å². The maximum Gasteiger partial charge on any atom is 0.146 e. The Bertz CT molecular complexity index is 588. The molecule has 1 atom stereocenters. The molecule has 2 rings (SSSR count). The van der Waals surface area contributed by atoms with Crippen LogP contribution in [0.5, 0.6) is 11.5 Å². The molecule has 0 fully saturated rings. The Morgan fingerprint density at radius 3 is 2.30 bits per heavy atom. The van der Waals surface area contributed by atoms with Gasteiger partial charge in [-0.2, -0.15) is 0 Å². The summed E-state index contributed by atoms with van der Waals surface area (Å²) in [5.41, 5.74) is 9.26. The van der Waals surface area contributed by atoms with Crippen molar-refractivity contribution in [3.63, 3.8) is 0 Å². The van der Waals surface area contributed by atoms with Crippen molar-refractivity contribution in [3.05, 3.63) is 58.1 Å². The zero-order chi connectivity index (χ0) is 14.7. The Hall–Kier alpha value is -1.51. The first-order chi connectivity index (χ1) is 9.44. The van der Waals surface area contributed by atoms with Crippen LogP contribution in [0, 0.1) is 13.8 Å². The number of benzene rings is 2. The summed E-state index contributed by atoms with van der Waals surface area (Å²) < 4.78 is 5.87. The third-order valence-electron chi connectivity index (χ3n) is 2.98. The summed E-state index contributed by atoms with van der Waals surface area (Å²) in [7, 11) is 0. The van der Waals surface area contributed by atoms with Gasteiger partial charge in [-0.15, -0.1) is 0 Å². The van der Waals surface area contributed by atoms with Crippen LogP contribution in [0.2, 0.25) is 5.02 Å². The number of halogens is 1. The maximum absolute atomic E-state index is 6.28. The smallest absolute Gasteiger partial charge is 0.146 e. The molecule has 0 saturated carbocycles. The van der Waals surface area contributed by atoms with Crippen LogP contribution in [0.25, 0.3) is 0 Å². The van der Waals surface area contributed by atoms with E-state index in [1.54, 1.807) is 0 Å². The topological polar surface area (TPSA) is 35.2 Å². The van der Waals surface area contributed by atoms with Crippen molar-refractivity contribution in [1.29, 1.82) is 0 Å². The second-order valence-corrected chi connectivity index (χ2v) is 5.78. The fourth-order valence-corrected chi connectivity index (χ4v) is 2.49. The molecule has 0 radical (unpaired) electrons. The quantitative estimate of drug-likeness (QED) is 0.890. The number of hydrogen-bond donors (Lipinski definition) is 1. The van der Waals surface area contributed by atoms with Gasteiger partial charge in [0.05, 0.1) is 5.02 Å². The summed E-state index contributed by atoms with van der Waals surface area (Å²) in [6.45, 7) is 6.08. The van der Waals surface area contributed by atoms with Crippen LogP contribution in [-0.2, 0) is 6.42 Å². The van der Waals surface area contributed by atoms with Gasteiger partial charge in [-0.1, -0.05) is 23.7 Å². The van der Waals surface area contributed by atoms with E-state index in [4.69, 9.17) is 22.1 Å². The summed E-state index contributed by atoms with van der Waals surface area (Å²) in [5, 5.41) is 0.613. The molecule has 0 aliphatic carbocycles. The van der Waals surface area contributed by atoms with E-state index < -0.39 is 0 Å². The predicted molar refractivity (Wildman–Crippen MR) is 84.8 cm³/mol. The number of rotatable bonds is 4. The van der Waals surface area contributed by atoms with Gasteiger partial charge < -0.3 is 10.5 Å². The Morgan fingerprint density at radius 2 is 1.75 bits per heavy atom. The average Bonchev–Trinajstić information content (AvgIpc) is 2.30. The van der Waals surface area contributed by atoms with E-state index in [1.807, 2.05) is 51.1 Å². The molecule has 0 aliphatic heterocycles. The normalized spacial score (nSPS) is 12.2. The van der Waals surface area contributed by atoms with Gasteiger partial charge >= 0.3 is 0 Å². The van der Waals surface area contributed by atoms with E-state index in [2.05, 4.69) is 6.07 Å². The van der Waals surface area contributed by atoms with Crippen LogP contribution in [0.1, 0.15) is 23.6 Å². The van der Waals surface area contributed by atoms with Crippen molar-refractivity contribution in [2.45, 2.75) is 33.2 Å². The number of hydrogen-bond acceptors (Lipinski definition) is 2. The molecule has 0 heterocycles. The largest absolute Gasteiger partial charge is 0.456 e. The van der Waals surface area contributed by atoms with Crippen molar-refractivity contribution in [2.75, 3.05) is 0 Å². The van der Waals surface area contributed by atoms with Gasteiger partial charge in [-0.25, -0.2) is 0 Å². The molecular formula is C17H20ClNO. The number of aryl methyl sites for hydroxylation is 2. The monoisotopic (exact) mass is 289 g/mol. The number of nitrogens with two attached hydrogens (primary N) is 1. The fourth-order valence-electron chi connectivity index (χ4n) is 2.24. The fraction of sp³-hybridized carbons (Fsp3) is 0.294. The van der Waals surface area contributed by atoms with Crippen LogP contribution >= 0.6 is 11.6 Å². The lowest BCUT2D eigenvalue weighted by Crippen LogP contribution is -2.17. The molecule has 3 heteroatoms. The lowest BCUT2D eigenvalue weighted by Gasteiger charge is -2.11. The third kappa shape index (κ3) is 3.99. The maximum atomic E-state index is 6.28. The van der Waals surface area contributed by atoms with Crippen molar-refractivity contribution in [1.82, 2.24) is 0 Å². The minimum Gasteiger partial charge on any atom is -0.456 e. The molecule has 2 aromatic rings.